The van der Waals surface area contributed by atoms with E-state index in [0.717, 1.165) is 9.20 Å². The van der Waals surface area contributed by atoms with Crippen LogP contribution in [0.5, 0.6) is 5.75 Å². The standard InChI is InChI=1S/C29H33Cl2N3O5S2/c1-5-32-29(36)20(3)33(18-21-11-16-24(30)25(31)17-21)28(35)19-34(26-9-7-8-10-27(26)39-6-2)41(37,38)23-14-12-22(40-4)13-15-23/h7-17,20H,5-6,18-19H2,1-4H3,(H,32,36). The van der Waals surface area contributed by atoms with E-state index in [0.29, 0.717) is 34.5 Å². The van der Waals surface area contributed by atoms with Gasteiger partial charge >= 0.3 is 0 Å². The topological polar surface area (TPSA) is 96.0 Å². The van der Waals surface area contributed by atoms with Crippen LogP contribution in [0.3, 0.4) is 0 Å². The molecule has 1 atom stereocenters. The first-order valence-electron chi connectivity index (χ1n) is 12.9. The molecule has 220 valence electrons. The number of amides is 2. The fourth-order valence-electron chi connectivity index (χ4n) is 4.07. The number of carbonyl (C=O) groups is 2. The molecule has 1 unspecified atom stereocenters. The molecule has 3 aromatic carbocycles. The lowest BCUT2D eigenvalue weighted by Gasteiger charge is -2.32. The monoisotopic (exact) mass is 637 g/mol. The van der Waals surface area contributed by atoms with Crippen molar-refractivity contribution in [2.75, 3.05) is 30.3 Å². The third-order valence-electron chi connectivity index (χ3n) is 6.22. The quantitative estimate of drug-likeness (QED) is 0.236. The first-order valence-corrected chi connectivity index (χ1v) is 16.3. The summed E-state index contributed by atoms with van der Waals surface area (Å²) in [7, 11) is -4.23. The molecule has 0 saturated heterocycles. The van der Waals surface area contributed by atoms with Crippen molar-refractivity contribution >= 4 is 62.5 Å². The maximum Gasteiger partial charge on any atom is 0.264 e. The van der Waals surface area contributed by atoms with Gasteiger partial charge in [-0.2, -0.15) is 0 Å². The molecule has 3 aromatic rings. The van der Waals surface area contributed by atoms with Crippen molar-refractivity contribution in [1.29, 1.82) is 0 Å². The lowest BCUT2D eigenvalue weighted by atomic mass is 10.1. The van der Waals surface area contributed by atoms with Crippen molar-refractivity contribution in [2.45, 2.75) is 43.1 Å². The summed E-state index contributed by atoms with van der Waals surface area (Å²) in [5.74, 6) is -0.664. The van der Waals surface area contributed by atoms with Crippen molar-refractivity contribution in [3.05, 3.63) is 82.3 Å². The molecular formula is C29H33Cl2N3O5S2. The summed E-state index contributed by atoms with van der Waals surface area (Å²) < 4.78 is 34.9. The smallest absolute Gasteiger partial charge is 0.264 e. The number of nitrogens with one attached hydrogen (secondary N) is 1. The molecule has 0 saturated carbocycles. The summed E-state index contributed by atoms with van der Waals surface area (Å²) in [6.07, 6.45) is 1.89. The van der Waals surface area contributed by atoms with Crippen LogP contribution in [0.1, 0.15) is 26.3 Å². The van der Waals surface area contributed by atoms with Crippen molar-refractivity contribution < 1.29 is 22.7 Å². The van der Waals surface area contributed by atoms with E-state index in [4.69, 9.17) is 27.9 Å². The molecule has 41 heavy (non-hydrogen) atoms. The summed E-state index contributed by atoms with van der Waals surface area (Å²) in [4.78, 5) is 29.1. The lowest BCUT2D eigenvalue weighted by molar-refractivity contribution is -0.139. The van der Waals surface area contributed by atoms with Gasteiger partial charge in [-0.15, -0.1) is 11.8 Å². The SMILES string of the molecule is CCNC(=O)C(C)N(Cc1ccc(Cl)c(Cl)c1)C(=O)CN(c1ccccc1OCC)S(=O)(=O)c1ccc(SC)cc1. The molecule has 0 heterocycles. The van der Waals surface area contributed by atoms with Crippen molar-refractivity contribution in [3.8, 4) is 5.75 Å². The van der Waals surface area contributed by atoms with E-state index < -0.39 is 28.5 Å². The van der Waals surface area contributed by atoms with E-state index in [2.05, 4.69) is 5.32 Å². The Morgan fingerprint density at radius 2 is 1.68 bits per heavy atom. The maximum atomic E-state index is 14.1. The number of ether oxygens (including phenoxy) is 1. The van der Waals surface area contributed by atoms with Crippen LogP contribution >= 0.6 is 35.0 Å². The average molecular weight is 639 g/mol. The molecule has 12 heteroatoms. The molecule has 0 aliphatic heterocycles. The summed E-state index contributed by atoms with van der Waals surface area (Å²) in [5.41, 5.74) is 0.831. The number of likely N-dealkylation sites (N-methyl/N-ethyl adjacent to an activating group) is 1. The van der Waals surface area contributed by atoms with Crippen LogP contribution in [-0.2, 0) is 26.2 Å². The number of thioether (sulfide) groups is 1. The van der Waals surface area contributed by atoms with E-state index in [1.165, 1.54) is 28.8 Å². The van der Waals surface area contributed by atoms with E-state index >= 15 is 0 Å². The highest BCUT2D eigenvalue weighted by Gasteiger charge is 2.33. The Hall–Kier alpha value is -2.92. The summed E-state index contributed by atoms with van der Waals surface area (Å²) in [6, 6.07) is 17.1. The Balaban J connectivity index is 2.09. The molecule has 0 aromatic heterocycles. The van der Waals surface area contributed by atoms with Gasteiger partial charge in [0, 0.05) is 18.0 Å². The molecule has 0 radical (unpaired) electrons. The molecular weight excluding hydrogens is 605 g/mol. The lowest BCUT2D eigenvalue weighted by Crippen LogP contribution is -2.51. The zero-order valence-electron chi connectivity index (χ0n) is 23.3. The minimum Gasteiger partial charge on any atom is -0.492 e. The zero-order valence-corrected chi connectivity index (χ0v) is 26.4. The van der Waals surface area contributed by atoms with Crippen LogP contribution in [0.2, 0.25) is 10.0 Å². The van der Waals surface area contributed by atoms with Gasteiger partial charge in [0.05, 0.1) is 27.2 Å². The highest BCUT2D eigenvalue weighted by molar-refractivity contribution is 7.98. The van der Waals surface area contributed by atoms with Gasteiger partial charge in [-0.05, 0) is 81.1 Å². The fraction of sp³-hybridized carbons (Fsp3) is 0.310. The predicted octanol–water partition coefficient (Wildman–Crippen LogP) is 5.86. The minimum atomic E-state index is -4.23. The highest BCUT2D eigenvalue weighted by atomic mass is 35.5. The zero-order chi connectivity index (χ0) is 30.2. The van der Waals surface area contributed by atoms with Crippen LogP contribution < -0.4 is 14.4 Å². The second-order valence-corrected chi connectivity index (χ2v) is 12.5. The first kappa shape index (κ1) is 32.6. The van der Waals surface area contributed by atoms with E-state index in [9.17, 15) is 18.0 Å². The molecule has 1 N–H and O–H groups in total. The molecule has 0 aliphatic rings. The van der Waals surface area contributed by atoms with E-state index in [-0.39, 0.29) is 23.0 Å². The van der Waals surface area contributed by atoms with Gasteiger partial charge in [0.15, 0.2) is 0 Å². The Morgan fingerprint density at radius 1 is 1.00 bits per heavy atom. The number of rotatable bonds is 13. The molecule has 8 nitrogen and oxygen atoms in total. The van der Waals surface area contributed by atoms with Gasteiger partial charge in [-0.1, -0.05) is 41.4 Å². The second kappa shape index (κ2) is 14.8. The molecule has 3 rings (SSSR count). The number of sulfonamides is 1. The van der Waals surface area contributed by atoms with Gasteiger partial charge in [0.2, 0.25) is 11.8 Å². The number of hydrogen-bond acceptors (Lipinski definition) is 6. The Bertz CT molecular complexity index is 1470. The number of nitrogens with zero attached hydrogens (tertiary/aromatic N) is 2. The summed E-state index contributed by atoms with van der Waals surface area (Å²) in [6.45, 7) is 5.23. The molecule has 0 spiro atoms. The first-order chi connectivity index (χ1) is 19.5. The largest absolute Gasteiger partial charge is 0.492 e. The van der Waals surface area contributed by atoms with Gasteiger partial charge in [0.1, 0.15) is 18.3 Å². The number of hydrogen-bond donors (Lipinski definition) is 1. The summed E-state index contributed by atoms with van der Waals surface area (Å²) in [5, 5.41) is 3.38. The minimum absolute atomic E-state index is 0.00254. The number of anilines is 1. The Labute approximate surface area is 256 Å². The van der Waals surface area contributed by atoms with Gasteiger partial charge < -0.3 is 15.0 Å². The summed E-state index contributed by atoms with van der Waals surface area (Å²) >= 11 is 13.8. The third kappa shape index (κ3) is 8.09. The Kier molecular flexibility index (Phi) is 11.8. The number of halogens is 2. The highest BCUT2D eigenvalue weighted by Crippen LogP contribution is 2.33. The van der Waals surface area contributed by atoms with Gasteiger partial charge in [-0.3, -0.25) is 13.9 Å². The maximum absolute atomic E-state index is 14.1. The number of para-hydroxylation sites is 2. The van der Waals surface area contributed by atoms with Crippen molar-refractivity contribution in [1.82, 2.24) is 10.2 Å². The molecule has 2 amide bonds. The van der Waals surface area contributed by atoms with Gasteiger partial charge in [0.25, 0.3) is 10.0 Å². The van der Waals surface area contributed by atoms with Crippen molar-refractivity contribution in [2.24, 2.45) is 0 Å². The van der Waals surface area contributed by atoms with Gasteiger partial charge in [-0.25, -0.2) is 8.42 Å². The molecule has 0 fully saturated rings. The molecule has 0 bridgehead atoms. The van der Waals surface area contributed by atoms with Crippen LogP contribution in [0.25, 0.3) is 0 Å². The fourth-order valence-corrected chi connectivity index (χ4v) is 6.22. The number of carbonyl (C=O) groups excluding carboxylic acids is 2. The predicted molar refractivity (Wildman–Crippen MR) is 166 cm³/mol. The van der Waals surface area contributed by atoms with Crippen LogP contribution in [0.4, 0.5) is 5.69 Å². The van der Waals surface area contributed by atoms with E-state index in [1.807, 2.05) is 6.26 Å². The third-order valence-corrected chi connectivity index (χ3v) is 9.47. The second-order valence-electron chi connectivity index (χ2n) is 8.93. The van der Waals surface area contributed by atoms with E-state index in [1.54, 1.807) is 75.4 Å². The average Bonchev–Trinajstić information content (AvgIpc) is 2.96. The van der Waals surface area contributed by atoms with Crippen LogP contribution in [-0.4, -0.2) is 57.1 Å². The molecule has 0 aliphatic carbocycles. The van der Waals surface area contributed by atoms with Crippen molar-refractivity contribution in [3.63, 3.8) is 0 Å². The number of benzene rings is 3. The Morgan fingerprint density at radius 3 is 2.29 bits per heavy atom. The normalized spacial score (nSPS) is 12.0. The van der Waals surface area contributed by atoms with Crippen LogP contribution in [0.15, 0.2) is 76.5 Å². The van der Waals surface area contributed by atoms with Crippen LogP contribution in [0, 0.1) is 0 Å².